The highest BCUT2D eigenvalue weighted by atomic mass is 32.2. The molecule has 0 aromatic rings. The summed E-state index contributed by atoms with van der Waals surface area (Å²) in [7, 11) is 1.83. The maximum atomic E-state index is 9.81. The molecule has 3 N–H and O–H groups in total. The smallest absolute Gasteiger partial charge is 0.359 e. The van der Waals surface area contributed by atoms with E-state index in [9.17, 15) is 13.2 Å². The number of quaternary nitrogens is 1. The van der Waals surface area contributed by atoms with E-state index >= 15 is 0 Å². The fourth-order valence-electron chi connectivity index (χ4n) is 0.482. The number of rotatable bonds is 3. The predicted molar refractivity (Wildman–Crippen MR) is 55.4 cm³/mol. The maximum Gasteiger partial charge on any atom is 0.359 e. The summed E-state index contributed by atoms with van der Waals surface area (Å²) < 4.78 is 29.3. The van der Waals surface area contributed by atoms with Crippen LogP contribution in [0.15, 0.2) is 0 Å². The standard InChI is InChI=1S/C5H14NO.C2H5NO4S/c1-6(2,3)4-5-7;1-2(4)3-8(5,6)7/h7H,4-5H2,1-3H3;1H3,(H,3,4)(H,5,6,7)/q+1;. The molecule has 0 aliphatic heterocycles. The molecule has 7 nitrogen and oxygen atoms in total. The highest BCUT2D eigenvalue weighted by Crippen LogP contribution is 1.84. The number of carbonyl (C=O) groups is 1. The predicted octanol–water partition coefficient (Wildman–Crippen LogP) is -1.39. The van der Waals surface area contributed by atoms with E-state index in [4.69, 9.17) is 9.66 Å². The molecule has 0 saturated heterocycles. The Bertz CT molecular complexity index is 280. The molecule has 92 valence electrons. The first-order valence-electron chi connectivity index (χ1n) is 4.15. The van der Waals surface area contributed by atoms with Gasteiger partial charge in [0, 0.05) is 6.92 Å². The molecule has 0 spiro atoms. The normalized spacial score (nSPS) is 11.3. The third kappa shape index (κ3) is 24.7. The molecule has 0 saturated carbocycles. The van der Waals surface area contributed by atoms with Gasteiger partial charge in [0.15, 0.2) is 0 Å². The zero-order valence-electron chi connectivity index (χ0n) is 9.39. The summed E-state index contributed by atoms with van der Waals surface area (Å²) in [6.07, 6.45) is 0. The van der Waals surface area contributed by atoms with E-state index < -0.39 is 16.2 Å². The van der Waals surface area contributed by atoms with Gasteiger partial charge in [-0.05, 0) is 0 Å². The number of aliphatic hydroxyl groups excluding tert-OH is 1. The quantitative estimate of drug-likeness (QED) is 0.418. The second kappa shape index (κ2) is 6.72. The van der Waals surface area contributed by atoms with Gasteiger partial charge in [0.1, 0.15) is 6.54 Å². The molecular formula is C7H19N2O5S+. The molecule has 0 unspecified atom stereocenters. The minimum Gasteiger partial charge on any atom is -0.391 e. The SMILES string of the molecule is CC(=O)NS(=O)(=O)O.C[N+](C)(C)CCO. The Balaban J connectivity index is 0. The average molecular weight is 243 g/mol. The van der Waals surface area contributed by atoms with Crippen LogP contribution in [0.3, 0.4) is 0 Å². The Morgan fingerprint density at radius 1 is 1.33 bits per heavy atom. The molecule has 0 atom stereocenters. The molecule has 0 aliphatic rings. The van der Waals surface area contributed by atoms with Gasteiger partial charge in [-0.25, -0.2) is 4.72 Å². The molecule has 0 aromatic heterocycles. The van der Waals surface area contributed by atoms with Crippen molar-refractivity contribution in [3.05, 3.63) is 0 Å². The van der Waals surface area contributed by atoms with E-state index in [0.29, 0.717) is 0 Å². The molecule has 0 rings (SSSR count). The van der Waals surface area contributed by atoms with Crippen LogP contribution in [0.25, 0.3) is 0 Å². The van der Waals surface area contributed by atoms with Crippen molar-refractivity contribution in [3.63, 3.8) is 0 Å². The van der Waals surface area contributed by atoms with E-state index in [0.717, 1.165) is 18.0 Å². The van der Waals surface area contributed by atoms with Gasteiger partial charge in [-0.2, -0.15) is 8.42 Å². The topological polar surface area (TPSA) is 104 Å². The summed E-state index contributed by atoms with van der Waals surface area (Å²) in [5.41, 5.74) is 0. The Labute approximate surface area is 90.2 Å². The maximum absolute atomic E-state index is 9.81. The third-order valence-corrected chi connectivity index (χ3v) is 1.59. The zero-order valence-corrected chi connectivity index (χ0v) is 10.2. The summed E-state index contributed by atoms with van der Waals surface area (Å²) in [5, 5.41) is 8.39. The van der Waals surface area contributed by atoms with Crippen LogP contribution in [0.5, 0.6) is 0 Å². The minimum atomic E-state index is -4.32. The van der Waals surface area contributed by atoms with Gasteiger partial charge in [-0.1, -0.05) is 0 Å². The van der Waals surface area contributed by atoms with E-state index in [1.165, 1.54) is 4.72 Å². The van der Waals surface area contributed by atoms with Crippen LogP contribution in [-0.4, -0.2) is 62.8 Å². The van der Waals surface area contributed by atoms with E-state index in [1.807, 2.05) is 0 Å². The van der Waals surface area contributed by atoms with E-state index in [1.54, 1.807) is 0 Å². The van der Waals surface area contributed by atoms with Crippen LogP contribution >= 0.6 is 0 Å². The van der Waals surface area contributed by atoms with Gasteiger partial charge in [0.2, 0.25) is 5.91 Å². The van der Waals surface area contributed by atoms with Crippen molar-refractivity contribution in [2.45, 2.75) is 6.92 Å². The second-order valence-electron chi connectivity index (χ2n) is 3.87. The van der Waals surface area contributed by atoms with Crippen LogP contribution in [0.2, 0.25) is 0 Å². The van der Waals surface area contributed by atoms with Gasteiger partial charge in [-0.15, -0.1) is 0 Å². The van der Waals surface area contributed by atoms with Crippen molar-refractivity contribution in [1.29, 1.82) is 0 Å². The highest BCUT2D eigenvalue weighted by Gasteiger charge is 2.02. The largest absolute Gasteiger partial charge is 0.391 e. The third-order valence-electron chi connectivity index (χ3n) is 1.04. The molecule has 0 fully saturated rings. The molecule has 0 aliphatic carbocycles. The van der Waals surface area contributed by atoms with E-state index in [-0.39, 0.29) is 6.61 Å². The van der Waals surface area contributed by atoms with Crippen molar-refractivity contribution in [1.82, 2.24) is 4.72 Å². The van der Waals surface area contributed by atoms with E-state index in [2.05, 4.69) is 21.1 Å². The summed E-state index contributed by atoms with van der Waals surface area (Å²) >= 11 is 0. The van der Waals surface area contributed by atoms with Crippen molar-refractivity contribution < 1.29 is 27.4 Å². The van der Waals surface area contributed by atoms with Crippen LogP contribution in [-0.2, 0) is 15.1 Å². The van der Waals surface area contributed by atoms with Crippen molar-refractivity contribution in [2.24, 2.45) is 0 Å². The Kier molecular flexibility index (Phi) is 7.49. The van der Waals surface area contributed by atoms with Gasteiger partial charge < -0.3 is 9.59 Å². The summed E-state index contributed by atoms with van der Waals surface area (Å²) in [6.45, 7) is 2.09. The zero-order chi connectivity index (χ0) is 12.7. The lowest BCUT2D eigenvalue weighted by atomic mass is 10.5. The van der Waals surface area contributed by atoms with Crippen LogP contribution in [0, 0.1) is 0 Å². The van der Waals surface area contributed by atoms with Crippen LogP contribution < -0.4 is 4.72 Å². The van der Waals surface area contributed by atoms with Gasteiger partial charge >= 0.3 is 10.3 Å². The van der Waals surface area contributed by atoms with Crippen molar-refractivity contribution in [2.75, 3.05) is 34.3 Å². The molecule has 8 heteroatoms. The molecule has 15 heavy (non-hydrogen) atoms. The van der Waals surface area contributed by atoms with Gasteiger partial charge in [0.05, 0.1) is 27.7 Å². The molecule has 0 aromatic carbocycles. The van der Waals surface area contributed by atoms with Crippen LogP contribution in [0.4, 0.5) is 0 Å². The first kappa shape index (κ1) is 16.7. The summed E-state index contributed by atoms with van der Waals surface area (Å²) in [5.74, 6) is -0.812. The number of nitrogens with one attached hydrogen (secondary N) is 1. The number of nitrogens with zero attached hydrogens (tertiary/aromatic N) is 1. The first-order chi connectivity index (χ1) is 6.48. The average Bonchev–Trinajstić information content (AvgIpc) is 1.77. The lowest BCUT2D eigenvalue weighted by Gasteiger charge is -2.21. The second-order valence-corrected chi connectivity index (χ2v) is 5.03. The molecule has 0 heterocycles. The fraction of sp³-hybridized carbons (Fsp3) is 0.857. The molecular weight excluding hydrogens is 224 g/mol. The monoisotopic (exact) mass is 243 g/mol. The minimum absolute atomic E-state index is 0.281. The lowest BCUT2D eigenvalue weighted by molar-refractivity contribution is -0.870. The Morgan fingerprint density at radius 2 is 1.73 bits per heavy atom. The van der Waals surface area contributed by atoms with Crippen LogP contribution in [0.1, 0.15) is 6.92 Å². The number of hydrogen-bond donors (Lipinski definition) is 3. The first-order valence-corrected chi connectivity index (χ1v) is 5.59. The Hall–Kier alpha value is -0.700. The Morgan fingerprint density at radius 3 is 1.73 bits per heavy atom. The number of likely N-dealkylation sites (N-methyl/N-ethyl adjacent to an activating group) is 1. The van der Waals surface area contributed by atoms with Gasteiger partial charge in [-0.3, -0.25) is 9.35 Å². The molecule has 0 bridgehead atoms. The molecule has 0 radical (unpaired) electrons. The number of aliphatic hydroxyl groups is 1. The molecule has 1 amide bonds. The number of hydrogen-bond acceptors (Lipinski definition) is 4. The van der Waals surface area contributed by atoms with Gasteiger partial charge in [0.25, 0.3) is 0 Å². The lowest BCUT2D eigenvalue weighted by Crippen LogP contribution is -2.36. The van der Waals surface area contributed by atoms with Crippen molar-refractivity contribution in [3.8, 4) is 0 Å². The number of carbonyl (C=O) groups excluding carboxylic acids is 1. The summed E-state index contributed by atoms with van der Waals surface area (Å²) in [4.78, 5) is 9.81. The highest BCUT2D eigenvalue weighted by molar-refractivity contribution is 7.84. The van der Waals surface area contributed by atoms with Crippen molar-refractivity contribution >= 4 is 16.2 Å². The number of amides is 1. The fourth-order valence-corrected chi connectivity index (χ4v) is 0.845. The summed E-state index contributed by atoms with van der Waals surface area (Å²) in [6, 6.07) is 0.